The van der Waals surface area contributed by atoms with Crippen LogP contribution in [-0.4, -0.2) is 27.9 Å². The first-order valence-electron chi connectivity index (χ1n) is 9.63. The molecule has 0 fully saturated rings. The number of hydrogen-bond donors (Lipinski definition) is 1. The number of amides is 1. The molecule has 7 heteroatoms. The first kappa shape index (κ1) is 20.8. The van der Waals surface area contributed by atoms with Crippen LogP contribution in [0.15, 0.2) is 84.0 Å². The van der Waals surface area contributed by atoms with E-state index in [1.807, 2.05) is 37.3 Å². The fourth-order valence-electron chi connectivity index (χ4n) is 3.52. The zero-order chi connectivity index (χ0) is 22.2. The van der Waals surface area contributed by atoms with E-state index >= 15 is 0 Å². The third kappa shape index (κ3) is 3.96. The molecule has 0 unspecified atom stereocenters. The Hall–Kier alpha value is -3.45. The number of aliphatic hydroxyl groups is 1. The number of carbonyl (C=O) groups is 1. The van der Waals surface area contributed by atoms with E-state index in [9.17, 15) is 23.1 Å². The first-order chi connectivity index (χ1) is 14.7. The van der Waals surface area contributed by atoms with Gasteiger partial charge < -0.3 is 5.11 Å². The molecule has 0 aromatic heterocycles. The third-order valence-corrected chi connectivity index (χ3v) is 5.26. The van der Waals surface area contributed by atoms with Crippen LogP contribution in [0.1, 0.15) is 27.9 Å². The molecule has 1 atom stereocenters. The van der Waals surface area contributed by atoms with Gasteiger partial charge in [-0.2, -0.15) is 23.3 Å². The van der Waals surface area contributed by atoms with Gasteiger partial charge in [-0.1, -0.05) is 72.3 Å². The van der Waals surface area contributed by atoms with Crippen molar-refractivity contribution in [3.63, 3.8) is 0 Å². The van der Waals surface area contributed by atoms with Gasteiger partial charge in [0.1, 0.15) is 5.71 Å². The van der Waals surface area contributed by atoms with Crippen LogP contribution in [0.25, 0.3) is 11.1 Å². The second-order valence-electron chi connectivity index (χ2n) is 7.46. The molecular formula is C24H19F3N2O2. The van der Waals surface area contributed by atoms with E-state index < -0.39 is 29.9 Å². The lowest BCUT2D eigenvalue weighted by atomic mass is 9.95. The van der Waals surface area contributed by atoms with E-state index in [1.165, 1.54) is 24.3 Å². The third-order valence-electron chi connectivity index (χ3n) is 5.26. The number of nitrogens with zero attached hydrogens (tertiary/aromatic N) is 2. The number of hydrogen-bond acceptors (Lipinski definition) is 3. The minimum Gasteiger partial charge on any atom is -0.365 e. The Morgan fingerprint density at radius 1 is 0.935 bits per heavy atom. The van der Waals surface area contributed by atoms with Gasteiger partial charge in [-0.3, -0.25) is 4.79 Å². The zero-order valence-electron chi connectivity index (χ0n) is 16.6. The van der Waals surface area contributed by atoms with Crippen LogP contribution in [0.2, 0.25) is 0 Å². The lowest BCUT2D eigenvalue weighted by molar-refractivity contribution is -0.0816. The quantitative estimate of drug-likeness (QED) is 0.623. The van der Waals surface area contributed by atoms with Crippen LogP contribution < -0.4 is 0 Å². The summed E-state index contributed by atoms with van der Waals surface area (Å²) in [7, 11) is 0. The maximum Gasteiger partial charge on any atom is 0.431 e. The number of carbonyl (C=O) groups excluding carboxylic acids is 1. The summed E-state index contributed by atoms with van der Waals surface area (Å²) in [4.78, 5) is 13.1. The molecule has 31 heavy (non-hydrogen) atoms. The topological polar surface area (TPSA) is 52.9 Å². The molecular weight excluding hydrogens is 405 g/mol. The monoisotopic (exact) mass is 424 g/mol. The van der Waals surface area contributed by atoms with Crippen molar-refractivity contribution in [1.82, 2.24) is 5.01 Å². The highest BCUT2D eigenvalue weighted by Crippen LogP contribution is 2.40. The van der Waals surface area contributed by atoms with Crippen LogP contribution in [0.4, 0.5) is 13.2 Å². The fraction of sp³-hybridized carbons (Fsp3) is 0.167. The fourth-order valence-corrected chi connectivity index (χ4v) is 3.52. The van der Waals surface area contributed by atoms with Crippen LogP contribution in [0.5, 0.6) is 0 Å². The molecule has 4 rings (SSSR count). The molecule has 0 saturated heterocycles. The average molecular weight is 424 g/mol. The van der Waals surface area contributed by atoms with Crippen molar-refractivity contribution in [2.75, 3.05) is 0 Å². The number of benzene rings is 3. The van der Waals surface area contributed by atoms with E-state index in [4.69, 9.17) is 0 Å². The highest BCUT2D eigenvalue weighted by Gasteiger charge is 2.53. The summed E-state index contributed by atoms with van der Waals surface area (Å²) >= 11 is 0. The van der Waals surface area contributed by atoms with Crippen molar-refractivity contribution in [2.24, 2.45) is 5.10 Å². The predicted molar refractivity (Wildman–Crippen MR) is 111 cm³/mol. The summed E-state index contributed by atoms with van der Waals surface area (Å²) in [6, 6.07) is 22.2. The highest BCUT2D eigenvalue weighted by atomic mass is 19.4. The summed E-state index contributed by atoms with van der Waals surface area (Å²) in [5.74, 6) is -0.818. The van der Waals surface area contributed by atoms with Crippen molar-refractivity contribution >= 4 is 11.6 Å². The summed E-state index contributed by atoms with van der Waals surface area (Å²) in [6.45, 7) is 1.82. The SMILES string of the molecule is Cc1ccc([C@]2(O)CC(C(F)(F)F)=NN2C(=O)c2ccc(-c3ccccc3)cc2)cc1. The largest absolute Gasteiger partial charge is 0.431 e. The smallest absolute Gasteiger partial charge is 0.365 e. The van der Waals surface area contributed by atoms with Crippen molar-refractivity contribution < 1.29 is 23.1 Å². The molecule has 1 aliphatic rings. The number of rotatable bonds is 3. The van der Waals surface area contributed by atoms with Gasteiger partial charge in [-0.05, 0) is 30.2 Å². The molecule has 0 saturated carbocycles. The van der Waals surface area contributed by atoms with Gasteiger partial charge >= 0.3 is 6.18 Å². The second-order valence-corrected chi connectivity index (χ2v) is 7.46. The number of aryl methyl sites for hydroxylation is 1. The van der Waals surface area contributed by atoms with Crippen molar-refractivity contribution in [3.05, 3.63) is 95.6 Å². The number of halogens is 3. The highest BCUT2D eigenvalue weighted by molar-refractivity contribution is 6.00. The average Bonchev–Trinajstić information content (AvgIpc) is 3.13. The molecule has 0 bridgehead atoms. The standard InChI is InChI=1S/C24H19F3N2O2/c1-16-7-13-20(14-8-16)23(31)15-21(24(25,26)27)28-29(23)22(30)19-11-9-18(10-12-19)17-5-3-2-4-6-17/h2-14,31H,15H2,1H3/t23-/m1/s1. The number of hydrazone groups is 1. The van der Waals surface area contributed by atoms with E-state index in [-0.39, 0.29) is 11.1 Å². The Balaban J connectivity index is 1.71. The van der Waals surface area contributed by atoms with Gasteiger partial charge in [0.2, 0.25) is 0 Å². The molecule has 0 aliphatic carbocycles. The van der Waals surface area contributed by atoms with E-state index in [2.05, 4.69) is 5.10 Å². The summed E-state index contributed by atoms with van der Waals surface area (Å²) in [5.41, 5.74) is -0.481. The Bertz CT molecular complexity index is 1120. The van der Waals surface area contributed by atoms with Crippen LogP contribution >= 0.6 is 0 Å². The summed E-state index contributed by atoms with van der Waals surface area (Å²) in [5, 5.41) is 15.2. The summed E-state index contributed by atoms with van der Waals surface area (Å²) in [6.07, 6.45) is -5.60. The lowest BCUT2D eigenvalue weighted by Crippen LogP contribution is -2.43. The van der Waals surface area contributed by atoms with Crippen molar-refractivity contribution in [2.45, 2.75) is 25.2 Å². The molecule has 1 aliphatic heterocycles. The van der Waals surface area contributed by atoms with Crippen molar-refractivity contribution in [3.8, 4) is 11.1 Å². The minimum atomic E-state index is -4.76. The maximum absolute atomic E-state index is 13.4. The second kappa shape index (κ2) is 7.67. The number of alkyl halides is 3. The molecule has 0 radical (unpaired) electrons. The molecule has 3 aromatic carbocycles. The molecule has 1 heterocycles. The van der Waals surface area contributed by atoms with Gasteiger partial charge in [-0.15, -0.1) is 0 Å². The van der Waals surface area contributed by atoms with Crippen LogP contribution in [0, 0.1) is 6.92 Å². The molecule has 0 spiro atoms. The Morgan fingerprint density at radius 2 is 1.52 bits per heavy atom. The van der Waals surface area contributed by atoms with E-state index in [1.54, 1.807) is 24.3 Å². The Morgan fingerprint density at radius 3 is 2.10 bits per heavy atom. The Kier molecular flexibility index (Phi) is 5.15. The van der Waals surface area contributed by atoms with Gasteiger partial charge in [0.05, 0.1) is 6.42 Å². The van der Waals surface area contributed by atoms with Gasteiger partial charge in [0.15, 0.2) is 5.72 Å². The van der Waals surface area contributed by atoms with Crippen LogP contribution in [0.3, 0.4) is 0 Å². The van der Waals surface area contributed by atoms with Gasteiger partial charge in [0.25, 0.3) is 5.91 Å². The van der Waals surface area contributed by atoms with E-state index in [0.717, 1.165) is 16.7 Å². The molecule has 3 aromatic rings. The van der Waals surface area contributed by atoms with E-state index in [0.29, 0.717) is 5.01 Å². The van der Waals surface area contributed by atoms with Crippen molar-refractivity contribution in [1.29, 1.82) is 0 Å². The zero-order valence-corrected chi connectivity index (χ0v) is 16.6. The first-order valence-corrected chi connectivity index (χ1v) is 9.63. The van der Waals surface area contributed by atoms with Crippen LogP contribution in [-0.2, 0) is 5.72 Å². The molecule has 4 nitrogen and oxygen atoms in total. The maximum atomic E-state index is 13.4. The van der Waals surface area contributed by atoms with Gasteiger partial charge in [0, 0.05) is 11.1 Å². The normalized spacial score (nSPS) is 18.7. The summed E-state index contributed by atoms with van der Waals surface area (Å²) < 4.78 is 40.2. The minimum absolute atomic E-state index is 0.123. The molecule has 1 amide bonds. The van der Waals surface area contributed by atoms with Gasteiger partial charge in [-0.25, -0.2) is 0 Å². The lowest BCUT2D eigenvalue weighted by Gasteiger charge is -2.31. The molecule has 158 valence electrons. The Labute approximate surface area is 177 Å². The molecule has 1 N–H and O–H groups in total. The predicted octanol–water partition coefficient (Wildman–Crippen LogP) is 5.27.